The number of piperidine rings is 1. The van der Waals surface area contributed by atoms with Gasteiger partial charge in [0, 0.05) is 29.8 Å². The van der Waals surface area contributed by atoms with Crippen molar-refractivity contribution in [3.05, 3.63) is 41.2 Å². The molecule has 1 amide bonds. The molecule has 3 aliphatic rings. The van der Waals surface area contributed by atoms with Crippen molar-refractivity contribution >= 4 is 11.6 Å². The summed E-state index contributed by atoms with van der Waals surface area (Å²) in [6, 6.07) is 5.69. The SMILES string of the molecule is CC(C)=CC(=O)N1CC2(CCN(C3CC3)CC2)c2cc(F)ccc21. The first-order valence-electron chi connectivity index (χ1n) is 8.99. The van der Waals surface area contributed by atoms with Gasteiger partial charge in [0.1, 0.15) is 5.82 Å². The third kappa shape index (κ3) is 2.67. The number of anilines is 1. The Hall–Kier alpha value is -1.68. The molecule has 0 unspecified atom stereocenters. The van der Waals surface area contributed by atoms with Crippen LogP contribution in [-0.4, -0.2) is 36.5 Å². The van der Waals surface area contributed by atoms with Gasteiger partial charge in [-0.25, -0.2) is 4.39 Å². The van der Waals surface area contributed by atoms with Crippen LogP contribution in [0, 0.1) is 5.82 Å². The lowest BCUT2D eigenvalue weighted by Gasteiger charge is -2.40. The molecule has 1 saturated heterocycles. The minimum Gasteiger partial charge on any atom is -0.308 e. The van der Waals surface area contributed by atoms with Gasteiger partial charge in [-0.3, -0.25) is 4.79 Å². The van der Waals surface area contributed by atoms with Crippen molar-refractivity contribution in [1.82, 2.24) is 4.90 Å². The van der Waals surface area contributed by atoms with Gasteiger partial charge in [-0.1, -0.05) is 5.57 Å². The molecule has 0 N–H and O–H groups in total. The second kappa shape index (κ2) is 5.69. The number of benzene rings is 1. The monoisotopic (exact) mass is 328 g/mol. The minimum atomic E-state index is -0.200. The van der Waals surface area contributed by atoms with E-state index in [1.165, 1.54) is 18.9 Å². The Kier molecular flexibility index (Phi) is 3.75. The molecule has 2 heterocycles. The highest BCUT2D eigenvalue weighted by Crippen LogP contribution is 2.48. The van der Waals surface area contributed by atoms with E-state index >= 15 is 0 Å². The van der Waals surface area contributed by atoms with Crippen molar-refractivity contribution in [2.75, 3.05) is 24.5 Å². The second-order valence-corrected chi connectivity index (χ2v) is 7.86. The predicted molar refractivity (Wildman–Crippen MR) is 93.7 cm³/mol. The summed E-state index contributed by atoms with van der Waals surface area (Å²) in [7, 11) is 0. The number of halogens is 1. The van der Waals surface area contributed by atoms with Crippen molar-refractivity contribution in [1.29, 1.82) is 0 Å². The van der Waals surface area contributed by atoms with E-state index in [0.29, 0.717) is 6.54 Å². The standard InChI is InChI=1S/C20H25FN2O/c1-14(2)11-19(24)23-13-20(17-12-15(21)3-6-18(17)23)7-9-22(10-8-20)16-4-5-16/h3,6,11-12,16H,4-5,7-10,13H2,1-2H3. The Bertz CT molecular complexity index is 696. The van der Waals surface area contributed by atoms with Crippen LogP contribution in [0.15, 0.2) is 29.8 Å². The van der Waals surface area contributed by atoms with E-state index in [9.17, 15) is 9.18 Å². The number of hydrogen-bond donors (Lipinski definition) is 0. The fourth-order valence-corrected chi connectivity index (χ4v) is 4.35. The van der Waals surface area contributed by atoms with Gasteiger partial charge in [-0.15, -0.1) is 0 Å². The molecule has 4 heteroatoms. The molecule has 1 spiro atoms. The summed E-state index contributed by atoms with van der Waals surface area (Å²) in [6.45, 7) is 6.68. The molecular weight excluding hydrogens is 303 g/mol. The Morgan fingerprint density at radius 2 is 1.96 bits per heavy atom. The van der Waals surface area contributed by atoms with Crippen molar-refractivity contribution < 1.29 is 9.18 Å². The van der Waals surface area contributed by atoms with E-state index in [1.54, 1.807) is 18.2 Å². The smallest absolute Gasteiger partial charge is 0.250 e. The third-order valence-corrected chi connectivity index (χ3v) is 5.78. The summed E-state index contributed by atoms with van der Waals surface area (Å²) >= 11 is 0. The third-order valence-electron chi connectivity index (χ3n) is 5.78. The first-order valence-corrected chi connectivity index (χ1v) is 8.99. The van der Waals surface area contributed by atoms with Crippen LogP contribution in [0.4, 0.5) is 10.1 Å². The van der Waals surface area contributed by atoms with Crippen LogP contribution in [0.3, 0.4) is 0 Å². The van der Waals surface area contributed by atoms with Crippen molar-refractivity contribution in [2.24, 2.45) is 0 Å². The number of carbonyl (C=O) groups is 1. The molecule has 2 fully saturated rings. The summed E-state index contributed by atoms with van der Waals surface area (Å²) in [4.78, 5) is 17.1. The molecule has 0 bridgehead atoms. The molecule has 0 radical (unpaired) electrons. The summed E-state index contributed by atoms with van der Waals surface area (Å²) in [6.07, 6.45) is 6.36. The van der Waals surface area contributed by atoms with Gasteiger partial charge in [0.15, 0.2) is 0 Å². The van der Waals surface area contributed by atoms with Gasteiger partial charge in [-0.2, -0.15) is 0 Å². The first-order chi connectivity index (χ1) is 11.5. The lowest BCUT2D eigenvalue weighted by atomic mass is 9.74. The maximum atomic E-state index is 13.9. The fourth-order valence-electron chi connectivity index (χ4n) is 4.35. The van der Waals surface area contributed by atoms with E-state index in [2.05, 4.69) is 4.90 Å². The highest BCUT2D eigenvalue weighted by Gasteiger charge is 2.47. The molecule has 3 nitrogen and oxygen atoms in total. The number of carbonyl (C=O) groups excluding carboxylic acids is 1. The van der Waals surface area contributed by atoms with Crippen molar-refractivity contribution in [3.63, 3.8) is 0 Å². The number of hydrogen-bond acceptors (Lipinski definition) is 2. The van der Waals surface area contributed by atoms with Crippen LogP contribution in [-0.2, 0) is 10.2 Å². The maximum Gasteiger partial charge on any atom is 0.250 e. The van der Waals surface area contributed by atoms with E-state index in [-0.39, 0.29) is 17.1 Å². The number of amides is 1. The quantitative estimate of drug-likeness (QED) is 0.774. The molecule has 1 aromatic rings. The normalized spacial score (nSPS) is 22.5. The molecular formula is C20H25FN2O. The molecule has 128 valence electrons. The van der Waals surface area contributed by atoms with Crippen LogP contribution in [0.2, 0.25) is 0 Å². The molecule has 1 saturated carbocycles. The minimum absolute atomic E-state index is 0.0179. The molecule has 0 aromatic heterocycles. The zero-order valence-corrected chi connectivity index (χ0v) is 14.5. The topological polar surface area (TPSA) is 23.6 Å². The van der Waals surface area contributed by atoms with Crippen molar-refractivity contribution in [2.45, 2.75) is 51.0 Å². The lowest BCUT2D eigenvalue weighted by Crippen LogP contribution is -2.46. The van der Waals surface area contributed by atoms with Gasteiger partial charge < -0.3 is 9.80 Å². The highest BCUT2D eigenvalue weighted by atomic mass is 19.1. The number of nitrogens with zero attached hydrogens (tertiary/aromatic N) is 2. The van der Waals surface area contributed by atoms with E-state index in [1.807, 2.05) is 18.7 Å². The van der Waals surface area contributed by atoms with Crippen LogP contribution < -0.4 is 4.90 Å². The van der Waals surface area contributed by atoms with Gasteiger partial charge >= 0.3 is 0 Å². The Labute approximate surface area is 143 Å². The predicted octanol–water partition coefficient (Wildman–Crippen LogP) is 3.63. The Morgan fingerprint density at radius 3 is 2.58 bits per heavy atom. The number of fused-ring (bicyclic) bond motifs is 2. The molecule has 1 aliphatic carbocycles. The van der Waals surface area contributed by atoms with Crippen LogP contribution >= 0.6 is 0 Å². The van der Waals surface area contributed by atoms with Crippen LogP contribution in [0.1, 0.15) is 45.1 Å². The lowest BCUT2D eigenvalue weighted by molar-refractivity contribution is -0.114. The first kappa shape index (κ1) is 15.8. The largest absolute Gasteiger partial charge is 0.308 e. The average Bonchev–Trinajstić information content (AvgIpc) is 3.33. The summed E-state index contributed by atoms with van der Waals surface area (Å²) in [5, 5.41) is 0. The molecule has 2 aliphatic heterocycles. The zero-order chi connectivity index (χ0) is 16.9. The van der Waals surface area contributed by atoms with E-state index in [4.69, 9.17) is 0 Å². The molecule has 24 heavy (non-hydrogen) atoms. The Balaban J connectivity index is 1.66. The molecule has 0 atom stereocenters. The Morgan fingerprint density at radius 1 is 1.25 bits per heavy atom. The summed E-state index contributed by atoms with van der Waals surface area (Å²) in [5.41, 5.74) is 2.86. The van der Waals surface area contributed by atoms with Gasteiger partial charge in [0.2, 0.25) is 0 Å². The average molecular weight is 328 g/mol. The fraction of sp³-hybridized carbons (Fsp3) is 0.550. The number of rotatable bonds is 2. The second-order valence-electron chi connectivity index (χ2n) is 7.86. The highest BCUT2D eigenvalue weighted by molar-refractivity contribution is 6.03. The molecule has 1 aromatic carbocycles. The summed E-state index contributed by atoms with van der Waals surface area (Å²) < 4.78 is 13.9. The maximum absolute atomic E-state index is 13.9. The van der Waals surface area contributed by atoms with Crippen LogP contribution in [0.5, 0.6) is 0 Å². The molecule has 4 rings (SSSR count). The number of likely N-dealkylation sites (tertiary alicyclic amines) is 1. The van der Waals surface area contributed by atoms with Crippen molar-refractivity contribution in [3.8, 4) is 0 Å². The van der Waals surface area contributed by atoms with Gasteiger partial charge in [0.05, 0.1) is 0 Å². The zero-order valence-electron chi connectivity index (χ0n) is 14.5. The van der Waals surface area contributed by atoms with Crippen LogP contribution in [0.25, 0.3) is 0 Å². The number of allylic oxidation sites excluding steroid dienone is 1. The van der Waals surface area contributed by atoms with Gasteiger partial charge in [0.25, 0.3) is 5.91 Å². The van der Waals surface area contributed by atoms with E-state index in [0.717, 1.165) is 48.8 Å². The van der Waals surface area contributed by atoms with Gasteiger partial charge in [-0.05, 0) is 76.4 Å². The van der Waals surface area contributed by atoms with E-state index < -0.39 is 0 Å². The summed E-state index contributed by atoms with van der Waals surface area (Å²) in [5.74, 6) is -0.182.